The molecule has 1 atom stereocenters. The van der Waals surface area contributed by atoms with Crippen molar-refractivity contribution in [1.29, 1.82) is 5.26 Å². The van der Waals surface area contributed by atoms with Crippen molar-refractivity contribution in [2.24, 2.45) is 5.73 Å². The number of nitriles is 1. The average Bonchev–Trinajstić information content (AvgIpc) is 2.53. The van der Waals surface area contributed by atoms with Gasteiger partial charge in [-0.1, -0.05) is 24.3 Å². The molecule has 5 nitrogen and oxygen atoms in total. The zero-order valence-electron chi connectivity index (χ0n) is 12.8. The highest BCUT2D eigenvalue weighted by molar-refractivity contribution is 5.96. The van der Waals surface area contributed by atoms with Gasteiger partial charge in [0.1, 0.15) is 17.4 Å². The maximum atomic E-state index is 12.1. The Labute approximate surface area is 133 Å². The van der Waals surface area contributed by atoms with Gasteiger partial charge in [0.05, 0.1) is 17.1 Å². The number of ether oxygens (including phenoxy) is 1. The summed E-state index contributed by atoms with van der Waals surface area (Å²) in [7, 11) is 0. The number of carbonyl (C=O) groups excluding carboxylic acids is 1. The van der Waals surface area contributed by atoms with Gasteiger partial charge >= 0.3 is 0 Å². The van der Waals surface area contributed by atoms with Crippen LogP contribution in [0.3, 0.4) is 0 Å². The van der Waals surface area contributed by atoms with E-state index in [1.54, 1.807) is 6.92 Å². The molecule has 23 heavy (non-hydrogen) atoms. The first-order chi connectivity index (χ1) is 11.0. The van der Waals surface area contributed by atoms with E-state index in [0.29, 0.717) is 17.0 Å². The number of nitrogens with zero attached hydrogens (tertiary/aromatic N) is 2. The van der Waals surface area contributed by atoms with Crippen LogP contribution in [0.5, 0.6) is 0 Å². The number of rotatable bonds is 2. The summed E-state index contributed by atoms with van der Waals surface area (Å²) >= 11 is 0. The minimum absolute atomic E-state index is 0.0231. The molecule has 0 saturated heterocycles. The fourth-order valence-electron chi connectivity index (χ4n) is 2.87. The van der Waals surface area contributed by atoms with E-state index in [-0.39, 0.29) is 17.2 Å². The number of hydrogen-bond acceptors (Lipinski definition) is 5. The largest absolute Gasteiger partial charge is 0.445 e. The van der Waals surface area contributed by atoms with Crippen molar-refractivity contribution in [3.63, 3.8) is 0 Å². The van der Waals surface area contributed by atoms with Gasteiger partial charge in [0.2, 0.25) is 5.88 Å². The normalized spacial score (nSPS) is 17.9. The number of para-hydroxylation sites is 1. The minimum atomic E-state index is -0.601. The maximum absolute atomic E-state index is 12.1. The second-order valence-electron chi connectivity index (χ2n) is 5.38. The molecule has 0 bridgehead atoms. The van der Waals surface area contributed by atoms with Crippen LogP contribution in [0.1, 0.15) is 25.5 Å². The van der Waals surface area contributed by atoms with Crippen LogP contribution in [-0.4, -0.2) is 10.8 Å². The van der Waals surface area contributed by atoms with Crippen molar-refractivity contribution in [2.75, 3.05) is 0 Å². The number of hydrogen-bond donors (Lipinski definition) is 1. The van der Waals surface area contributed by atoms with Gasteiger partial charge in [0.25, 0.3) is 0 Å². The summed E-state index contributed by atoms with van der Waals surface area (Å²) < 4.78 is 5.37. The molecule has 1 unspecified atom stereocenters. The monoisotopic (exact) mass is 305 g/mol. The SMILES string of the molecule is CC(=O)C1=C(C)OC(N)=C(C#N)C1c1ccc2ccccc2n1. The third-order valence-electron chi connectivity index (χ3n) is 3.90. The Morgan fingerprint density at radius 2 is 2.04 bits per heavy atom. The molecule has 0 aliphatic carbocycles. The van der Waals surface area contributed by atoms with E-state index in [2.05, 4.69) is 11.1 Å². The third-order valence-corrected chi connectivity index (χ3v) is 3.90. The number of fused-ring (bicyclic) bond motifs is 1. The molecule has 1 aliphatic rings. The molecule has 1 aliphatic heterocycles. The number of carbonyl (C=O) groups is 1. The molecule has 0 radical (unpaired) electrons. The summed E-state index contributed by atoms with van der Waals surface area (Å²) in [6.45, 7) is 3.12. The van der Waals surface area contributed by atoms with Crippen LogP contribution in [0.4, 0.5) is 0 Å². The van der Waals surface area contributed by atoms with Gasteiger partial charge in [0.15, 0.2) is 5.78 Å². The Balaban J connectivity index is 2.24. The molecule has 2 heterocycles. The van der Waals surface area contributed by atoms with Gasteiger partial charge in [-0.25, -0.2) is 0 Å². The molecule has 2 aromatic rings. The highest BCUT2D eigenvalue weighted by Gasteiger charge is 2.34. The standard InChI is InChI=1S/C18H15N3O2/c1-10(22)16-11(2)23-18(20)13(9-19)17(16)15-8-7-12-5-3-4-6-14(12)21-15/h3-8,17H,20H2,1-2H3. The first-order valence-electron chi connectivity index (χ1n) is 7.18. The Morgan fingerprint density at radius 3 is 2.74 bits per heavy atom. The Hall–Kier alpha value is -3.13. The molecule has 2 N–H and O–H groups in total. The molecular formula is C18H15N3O2. The van der Waals surface area contributed by atoms with Crippen molar-refractivity contribution in [3.05, 3.63) is 64.9 Å². The van der Waals surface area contributed by atoms with Crippen LogP contribution in [0, 0.1) is 11.3 Å². The van der Waals surface area contributed by atoms with Crippen molar-refractivity contribution >= 4 is 16.7 Å². The number of pyridine rings is 1. The molecule has 114 valence electrons. The molecule has 0 spiro atoms. The van der Waals surface area contributed by atoms with Gasteiger partial charge in [-0.2, -0.15) is 5.26 Å². The first kappa shape index (κ1) is 14.8. The molecule has 0 saturated carbocycles. The Bertz CT molecular complexity index is 919. The minimum Gasteiger partial charge on any atom is -0.445 e. The first-order valence-corrected chi connectivity index (χ1v) is 7.18. The molecule has 1 aromatic heterocycles. The predicted molar refractivity (Wildman–Crippen MR) is 85.8 cm³/mol. The number of ketones is 1. The molecule has 0 amide bonds. The van der Waals surface area contributed by atoms with E-state index in [0.717, 1.165) is 10.9 Å². The lowest BCUT2D eigenvalue weighted by atomic mass is 9.84. The van der Waals surface area contributed by atoms with E-state index in [9.17, 15) is 10.1 Å². The lowest BCUT2D eigenvalue weighted by molar-refractivity contribution is -0.114. The van der Waals surface area contributed by atoms with Crippen LogP contribution in [-0.2, 0) is 9.53 Å². The summed E-state index contributed by atoms with van der Waals surface area (Å²) in [6.07, 6.45) is 0. The van der Waals surface area contributed by atoms with Gasteiger partial charge in [-0.15, -0.1) is 0 Å². The average molecular weight is 305 g/mol. The van der Waals surface area contributed by atoms with E-state index >= 15 is 0 Å². The van der Waals surface area contributed by atoms with E-state index in [1.807, 2.05) is 36.4 Å². The smallest absolute Gasteiger partial charge is 0.205 e. The van der Waals surface area contributed by atoms with Crippen molar-refractivity contribution in [1.82, 2.24) is 4.98 Å². The van der Waals surface area contributed by atoms with Crippen LogP contribution in [0.15, 0.2) is 59.2 Å². The number of Topliss-reactive ketones (excluding diaryl/α,β-unsaturated/α-hetero) is 1. The van der Waals surface area contributed by atoms with Gasteiger partial charge in [-0.3, -0.25) is 9.78 Å². The fourth-order valence-corrected chi connectivity index (χ4v) is 2.87. The second-order valence-corrected chi connectivity index (χ2v) is 5.38. The molecule has 5 heteroatoms. The van der Waals surface area contributed by atoms with Crippen LogP contribution >= 0.6 is 0 Å². The summed E-state index contributed by atoms with van der Waals surface area (Å²) in [5, 5.41) is 10.5. The zero-order chi connectivity index (χ0) is 16.6. The van der Waals surface area contributed by atoms with Gasteiger partial charge < -0.3 is 10.5 Å². The van der Waals surface area contributed by atoms with Crippen LogP contribution < -0.4 is 5.73 Å². The Kier molecular flexibility index (Phi) is 3.59. The van der Waals surface area contributed by atoms with Crippen LogP contribution in [0.25, 0.3) is 10.9 Å². The number of nitrogens with two attached hydrogens (primary N) is 1. The zero-order valence-corrected chi connectivity index (χ0v) is 12.8. The molecular weight excluding hydrogens is 290 g/mol. The predicted octanol–water partition coefficient (Wildman–Crippen LogP) is 2.91. The van der Waals surface area contributed by atoms with Crippen molar-refractivity contribution in [3.8, 4) is 6.07 Å². The maximum Gasteiger partial charge on any atom is 0.205 e. The highest BCUT2D eigenvalue weighted by atomic mass is 16.5. The van der Waals surface area contributed by atoms with Crippen LogP contribution in [0.2, 0.25) is 0 Å². The summed E-state index contributed by atoms with van der Waals surface area (Å²) in [5.41, 5.74) is 7.88. The summed E-state index contributed by atoms with van der Waals surface area (Å²) in [5.74, 6) is -0.331. The Morgan fingerprint density at radius 1 is 1.30 bits per heavy atom. The second kappa shape index (κ2) is 5.58. The quantitative estimate of drug-likeness (QED) is 0.921. The van der Waals surface area contributed by atoms with Gasteiger partial charge in [0, 0.05) is 11.0 Å². The third kappa shape index (κ3) is 2.44. The summed E-state index contributed by atoms with van der Waals surface area (Å²) in [4.78, 5) is 16.7. The molecule has 1 aromatic carbocycles. The van der Waals surface area contributed by atoms with Crippen molar-refractivity contribution < 1.29 is 9.53 Å². The van der Waals surface area contributed by atoms with Crippen molar-refractivity contribution in [2.45, 2.75) is 19.8 Å². The molecule has 0 fully saturated rings. The highest BCUT2D eigenvalue weighted by Crippen LogP contribution is 2.38. The number of allylic oxidation sites excluding steroid dienone is 3. The van der Waals surface area contributed by atoms with E-state index in [1.165, 1.54) is 6.92 Å². The molecule has 3 rings (SSSR count). The lowest BCUT2D eigenvalue weighted by Crippen LogP contribution is -2.23. The number of benzene rings is 1. The van der Waals surface area contributed by atoms with Gasteiger partial charge in [-0.05, 0) is 26.0 Å². The van der Waals surface area contributed by atoms with E-state index in [4.69, 9.17) is 10.5 Å². The fraction of sp³-hybridized carbons (Fsp3) is 0.167. The van der Waals surface area contributed by atoms with E-state index < -0.39 is 5.92 Å². The topological polar surface area (TPSA) is 89.0 Å². The number of aromatic nitrogens is 1. The lowest BCUT2D eigenvalue weighted by Gasteiger charge is -2.26. The summed E-state index contributed by atoms with van der Waals surface area (Å²) in [6, 6.07) is 13.5.